The molecule has 12 heteroatoms. The molecule has 7 rings (SSSR count). The molecule has 52 heavy (non-hydrogen) atoms. The number of rotatable bonds is 8. The summed E-state index contributed by atoms with van der Waals surface area (Å²) >= 11 is 0. The summed E-state index contributed by atoms with van der Waals surface area (Å²) in [5.74, 6) is 0.478. The van der Waals surface area contributed by atoms with Crippen LogP contribution in [0.1, 0.15) is 130 Å². The number of aliphatic hydroxyl groups is 2. The van der Waals surface area contributed by atoms with Crippen LogP contribution in [-0.4, -0.2) is 54.3 Å². The molecule has 4 aromatic rings. The van der Waals surface area contributed by atoms with Crippen LogP contribution in [0.3, 0.4) is 0 Å². The van der Waals surface area contributed by atoms with Gasteiger partial charge in [-0.25, -0.2) is 14.4 Å². The van der Waals surface area contributed by atoms with Crippen molar-refractivity contribution in [2.24, 2.45) is 10.8 Å². The summed E-state index contributed by atoms with van der Waals surface area (Å²) < 4.78 is 23.8. The molecule has 2 amide bonds. The molecule has 0 bridgehead atoms. The summed E-state index contributed by atoms with van der Waals surface area (Å²) in [4.78, 5) is 34.0. The number of nitrogens with one attached hydrogen (secondary N) is 2. The van der Waals surface area contributed by atoms with Gasteiger partial charge in [0.15, 0.2) is 0 Å². The Hall–Kier alpha value is -3.87. The molecular formula is C40H55FN6O5. The lowest BCUT2D eigenvalue weighted by molar-refractivity contribution is -0.184. The summed E-state index contributed by atoms with van der Waals surface area (Å²) in [7, 11) is 0. The molecule has 3 heterocycles. The van der Waals surface area contributed by atoms with Gasteiger partial charge < -0.3 is 24.1 Å². The predicted octanol–water partition coefficient (Wildman–Crippen LogP) is 7.86. The molecule has 0 atom stereocenters. The van der Waals surface area contributed by atoms with Crippen LogP contribution < -0.4 is 10.6 Å². The van der Waals surface area contributed by atoms with Gasteiger partial charge in [-0.1, -0.05) is 47.6 Å². The number of ether oxygens (including phenoxy) is 1. The SMILES string of the molecule is CC(C)(C)CC(=O)Nc1nc2cc(F)c(C(C)(C)O)cc2n1C1CCC1.CC(C)(C)CC(=O)Nc1nc2ccc(C3(O)COC3)cc2n1C1CCC1. The third-order valence-corrected chi connectivity index (χ3v) is 10.1. The number of imidazole rings is 2. The molecule has 0 unspecified atom stereocenters. The number of benzene rings is 2. The third kappa shape index (κ3) is 8.19. The summed E-state index contributed by atoms with van der Waals surface area (Å²) in [6.45, 7) is 15.9. The van der Waals surface area contributed by atoms with E-state index in [1.807, 2.05) is 43.5 Å². The Morgan fingerprint density at radius 1 is 0.808 bits per heavy atom. The zero-order chi connectivity index (χ0) is 37.8. The highest BCUT2D eigenvalue weighted by Gasteiger charge is 2.39. The van der Waals surface area contributed by atoms with E-state index in [-0.39, 0.29) is 34.2 Å². The third-order valence-electron chi connectivity index (χ3n) is 10.1. The average Bonchev–Trinajstić information content (AvgIpc) is 3.43. The standard InChI is InChI=1S/C20H28FN3O2.C20H27N3O3/c1-19(2,3)11-17(25)23-18-22-15-10-14(21)13(20(4,5)26)9-16(15)24(18)12-7-6-8-12;1-19(2,3)10-17(24)22-18-21-15-8-7-13(20(25)11-26-12-20)9-16(15)23(18)14-5-4-6-14/h9-10,12,26H,6-8,11H2,1-5H3,(H,22,23,25);7-9,14,25H,4-6,10-12H2,1-3H3,(H,21,22,24). The van der Waals surface area contributed by atoms with Gasteiger partial charge >= 0.3 is 0 Å². The lowest BCUT2D eigenvalue weighted by Gasteiger charge is -2.37. The van der Waals surface area contributed by atoms with Crippen LogP contribution in [-0.2, 0) is 25.5 Å². The lowest BCUT2D eigenvalue weighted by Crippen LogP contribution is -2.46. The second kappa shape index (κ2) is 13.8. The van der Waals surface area contributed by atoms with E-state index in [1.54, 1.807) is 19.9 Å². The summed E-state index contributed by atoms with van der Waals surface area (Å²) in [6.07, 6.45) is 7.33. The van der Waals surface area contributed by atoms with Crippen molar-refractivity contribution in [2.45, 2.75) is 130 Å². The molecule has 11 nitrogen and oxygen atoms in total. The number of carbonyl (C=O) groups is 2. The fourth-order valence-corrected chi connectivity index (χ4v) is 6.94. The maximum Gasteiger partial charge on any atom is 0.227 e. The van der Waals surface area contributed by atoms with Gasteiger partial charge in [0.25, 0.3) is 0 Å². The molecule has 3 fully saturated rings. The van der Waals surface area contributed by atoms with E-state index in [4.69, 9.17) is 4.74 Å². The Labute approximate surface area is 305 Å². The van der Waals surface area contributed by atoms with Crippen LogP contribution in [0.5, 0.6) is 0 Å². The van der Waals surface area contributed by atoms with Crippen LogP contribution in [0.2, 0.25) is 0 Å². The molecule has 2 aromatic heterocycles. The summed E-state index contributed by atoms with van der Waals surface area (Å²) in [5.41, 5.74) is 1.75. The van der Waals surface area contributed by atoms with E-state index in [0.717, 1.165) is 54.2 Å². The number of carbonyl (C=O) groups excluding carboxylic acids is 2. The fourth-order valence-electron chi connectivity index (χ4n) is 6.94. The van der Waals surface area contributed by atoms with Crippen molar-refractivity contribution >= 4 is 45.8 Å². The van der Waals surface area contributed by atoms with E-state index in [1.165, 1.54) is 12.5 Å². The number of aromatic nitrogens is 4. The Balaban J connectivity index is 0.000000179. The second-order valence-electron chi connectivity index (χ2n) is 18.0. The van der Waals surface area contributed by atoms with E-state index in [2.05, 4.69) is 45.9 Å². The van der Waals surface area contributed by atoms with Crippen LogP contribution >= 0.6 is 0 Å². The minimum atomic E-state index is -1.29. The van der Waals surface area contributed by atoms with Crippen molar-refractivity contribution in [1.82, 2.24) is 19.1 Å². The highest BCUT2D eigenvalue weighted by atomic mass is 19.1. The molecule has 1 aliphatic heterocycles. The van der Waals surface area contributed by atoms with Crippen molar-refractivity contribution in [3.8, 4) is 0 Å². The van der Waals surface area contributed by atoms with Crippen LogP contribution in [0.4, 0.5) is 16.3 Å². The number of amides is 2. The molecule has 2 aliphatic carbocycles. The van der Waals surface area contributed by atoms with Gasteiger partial charge in [0.1, 0.15) is 11.4 Å². The van der Waals surface area contributed by atoms with Gasteiger partial charge in [0.05, 0.1) is 40.9 Å². The number of hydrogen-bond donors (Lipinski definition) is 4. The number of fused-ring (bicyclic) bond motifs is 2. The maximum atomic E-state index is 14.4. The van der Waals surface area contributed by atoms with Crippen molar-refractivity contribution in [2.75, 3.05) is 23.8 Å². The Kier molecular flexibility index (Phi) is 10.1. The molecule has 0 spiro atoms. The Bertz CT molecular complexity index is 1970. The van der Waals surface area contributed by atoms with Gasteiger partial charge in [0, 0.05) is 36.6 Å². The number of nitrogens with zero attached hydrogens (tertiary/aromatic N) is 4. The number of hydrogen-bond acceptors (Lipinski definition) is 7. The molecule has 4 N–H and O–H groups in total. The largest absolute Gasteiger partial charge is 0.386 e. The molecule has 1 saturated heterocycles. The molecular weight excluding hydrogens is 663 g/mol. The van der Waals surface area contributed by atoms with Gasteiger partial charge in [-0.15, -0.1) is 0 Å². The first-order valence-electron chi connectivity index (χ1n) is 18.6. The van der Waals surface area contributed by atoms with Crippen molar-refractivity contribution in [1.29, 1.82) is 0 Å². The van der Waals surface area contributed by atoms with E-state index in [9.17, 15) is 24.2 Å². The lowest BCUT2D eigenvalue weighted by atomic mass is 9.90. The minimum absolute atomic E-state index is 0.0142. The maximum absolute atomic E-state index is 14.4. The van der Waals surface area contributed by atoms with Crippen LogP contribution in [0.15, 0.2) is 30.3 Å². The first-order chi connectivity index (χ1) is 24.2. The second-order valence-corrected chi connectivity index (χ2v) is 18.0. The van der Waals surface area contributed by atoms with Gasteiger partial charge in [0.2, 0.25) is 23.7 Å². The normalized spacial score (nSPS) is 17.9. The molecule has 3 aliphatic rings. The highest BCUT2D eigenvalue weighted by Crippen LogP contribution is 2.41. The smallest absolute Gasteiger partial charge is 0.227 e. The summed E-state index contributed by atoms with van der Waals surface area (Å²) in [5, 5.41) is 26.8. The minimum Gasteiger partial charge on any atom is -0.386 e. The number of anilines is 2. The average molecular weight is 719 g/mol. The van der Waals surface area contributed by atoms with Crippen molar-refractivity contribution < 1.29 is 28.9 Å². The monoisotopic (exact) mass is 718 g/mol. The van der Waals surface area contributed by atoms with E-state index >= 15 is 0 Å². The topological polar surface area (TPSA) is 144 Å². The first kappa shape index (κ1) is 37.9. The quantitative estimate of drug-likeness (QED) is 0.145. The molecule has 0 radical (unpaired) electrons. The molecule has 2 aromatic carbocycles. The molecule has 2 saturated carbocycles. The zero-order valence-corrected chi connectivity index (χ0v) is 31.9. The molecule has 282 valence electrons. The zero-order valence-electron chi connectivity index (χ0n) is 31.9. The first-order valence-corrected chi connectivity index (χ1v) is 18.6. The van der Waals surface area contributed by atoms with Gasteiger partial charge in [-0.3, -0.25) is 20.2 Å². The van der Waals surface area contributed by atoms with Gasteiger partial charge in [-0.05, 0) is 87.0 Å². The predicted molar refractivity (Wildman–Crippen MR) is 201 cm³/mol. The summed E-state index contributed by atoms with van der Waals surface area (Å²) in [6, 6.07) is 9.44. The Morgan fingerprint density at radius 2 is 1.29 bits per heavy atom. The van der Waals surface area contributed by atoms with Crippen molar-refractivity contribution in [3.63, 3.8) is 0 Å². The Morgan fingerprint density at radius 3 is 1.69 bits per heavy atom. The van der Waals surface area contributed by atoms with Crippen LogP contribution in [0.25, 0.3) is 22.1 Å². The number of halogens is 1. The van der Waals surface area contributed by atoms with Crippen LogP contribution in [0, 0.1) is 16.6 Å². The van der Waals surface area contributed by atoms with E-state index < -0.39 is 17.0 Å². The highest BCUT2D eigenvalue weighted by molar-refractivity contribution is 5.93. The van der Waals surface area contributed by atoms with Crippen molar-refractivity contribution in [3.05, 3.63) is 47.3 Å². The fraction of sp³-hybridized carbons (Fsp3) is 0.600. The van der Waals surface area contributed by atoms with E-state index in [0.29, 0.717) is 49.5 Å². The van der Waals surface area contributed by atoms with Gasteiger partial charge in [-0.2, -0.15) is 0 Å².